The van der Waals surface area contributed by atoms with Gasteiger partial charge in [-0.1, -0.05) is 6.07 Å². The first-order valence-electron chi connectivity index (χ1n) is 6.87. The van der Waals surface area contributed by atoms with E-state index in [0.29, 0.717) is 5.71 Å². The Balaban J connectivity index is 2.11. The predicted molar refractivity (Wildman–Crippen MR) is 93.3 cm³/mol. The largest absolute Gasteiger partial charge is 0.271 e. The van der Waals surface area contributed by atoms with Crippen molar-refractivity contribution in [2.24, 2.45) is 5.10 Å². The maximum absolute atomic E-state index is 13.0. The fourth-order valence-electron chi connectivity index (χ4n) is 1.86. The Kier molecular flexibility index (Phi) is 5.68. The highest BCUT2D eigenvalue weighted by atomic mass is 32.2. The van der Waals surface area contributed by atoms with E-state index in [1.165, 1.54) is 23.5 Å². The van der Waals surface area contributed by atoms with E-state index < -0.39 is 28.3 Å². The first-order chi connectivity index (χ1) is 11.3. The van der Waals surface area contributed by atoms with Crippen LogP contribution in [0.15, 0.2) is 46.9 Å². The molecule has 1 N–H and O–H groups in total. The molecule has 2 rings (SSSR count). The van der Waals surface area contributed by atoms with Crippen LogP contribution < -0.4 is 9.73 Å². The number of carbonyl (C=O) groups is 1. The number of hydrogen-bond acceptors (Lipinski definition) is 5. The molecule has 128 valence electrons. The number of carbonyl (C=O) groups excluding carboxylic acids is 1. The lowest BCUT2D eigenvalue weighted by molar-refractivity contribution is -0.119. The number of hydrazone groups is 1. The molecule has 0 radical (unpaired) electrons. The summed E-state index contributed by atoms with van der Waals surface area (Å²) in [6, 6.07) is 8.57. The van der Waals surface area contributed by atoms with E-state index in [1.807, 2.05) is 17.5 Å². The van der Waals surface area contributed by atoms with Crippen molar-refractivity contribution in [1.82, 2.24) is 5.43 Å². The van der Waals surface area contributed by atoms with E-state index in [0.717, 1.165) is 27.6 Å². The van der Waals surface area contributed by atoms with Crippen LogP contribution in [0.4, 0.5) is 10.1 Å². The lowest BCUT2D eigenvalue weighted by Crippen LogP contribution is -2.39. The number of amides is 1. The monoisotopic (exact) mass is 369 g/mol. The molecule has 0 saturated carbocycles. The second-order valence-electron chi connectivity index (χ2n) is 4.96. The molecule has 0 aliphatic heterocycles. The van der Waals surface area contributed by atoms with Crippen LogP contribution in [0.1, 0.15) is 11.8 Å². The SMILES string of the molecule is C/C(=N/NC(=O)CN(c1ccc(F)cc1)S(C)(=O)=O)c1cccs1. The maximum atomic E-state index is 13.0. The lowest BCUT2D eigenvalue weighted by Gasteiger charge is -2.21. The molecule has 0 atom stereocenters. The van der Waals surface area contributed by atoms with Crippen molar-refractivity contribution in [2.45, 2.75) is 6.92 Å². The van der Waals surface area contributed by atoms with Crippen LogP contribution in [0.3, 0.4) is 0 Å². The van der Waals surface area contributed by atoms with Crippen molar-refractivity contribution >= 4 is 38.7 Å². The first-order valence-corrected chi connectivity index (χ1v) is 9.60. The number of hydrogen-bond donors (Lipinski definition) is 1. The standard InChI is InChI=1S/C15H16FN3O3S2/c1-11(14-4-3-9-23-14)17-18-15(20)10-19(24(2,21)22)13-7-5-12(16)6-8-13/h3-9H,10H2,1-2H3,(H,18,20)/b17-11-. The zero-order valence-electron chi connectivity index (χ0n) is 13.1. The molecule has 0 spiro atoms. The Hall–Kier alpha value is -2.26. The van der Waals surface area contributed by atoms with Gasteiger partial charge in [0.15, 0.2) is 0 Å². The van der Waals surface area contributed by atoms with Gasteiger partial charge >= 0.3 is 0 Å². The Bertz CT molecular complexity index is 831. The van der Waals surface area contributed by atoms with Crippen LogP contribution in [0.5, 0.6) is 0 Å². The van der Waals surface area contributed by atoms with Crippen LogP contribution in [-0.4, -0.2) is 32.8 Å². The van der Waals surface area contributed by atoms with Gasteiger partial charge in [-0.2, -0.15) is 5.10 Å². The average molecular weight is 369 g/mol. The normalized spacial score (nSPS) is 12.0. The van der Waals surface area contributed by atoms with Gasteiger partial charge in [0.25, 0.3) is 5.91 Å². The number of halogens is 1. The number of nitrogens with one attached hydrogen (secondary N) is 1. The minimum Gasteiger partial charge on any atom is -0.271 e. The van der Waals surface area contributed by atoms with Crippen molar-refractivity contribution < 1.29 is 17.6 Å². The fraction of sp³-hybridized carbons (Fsp3) is 0.200. The molecule has 2 aromatic rings. The minimum atomic E-state index is -3.70. The van der Waals surface area contributed by atoms with Gasteiger partial charge in [0, 0.05) is 4.88 Å². The van der Waals surface area contributed by atoms with Crippen molar-refractivity contribution in [3.05, 3.63) is 52.5 Å². The molecule has 0 fully saturated rings. The quantitative estimate of drug-likeness (QED) is 0.626. The average Bonchev–Trinajstić information content (AvgIpc) is 3.05. The van der Waals surface area contributed by atoms with Crippen LogP contribution in [0, 0.1) is 5.82 Å². The predicted octanol–water partition coefficient (Wildman–Crippen LogP) is 2.19. The summed E-state index contributed by atoms with van der Waals surface area (Å²) in [7, 11) is -3.70. The Labute approximate surface area is 143 Å². The molecular weight excluding hydrogens is 353 g/mol. The van der Waals surface area contributed by atoms with Crippen LogP contribution in [0.2, 0.25) is 0 Å². The maximum Gasteiger partial charge on any atom is 0.260 e. The van der Waals surface area contributed by atoms with Crippen molar-refractivity contribution in [3.8, 4) is 0 Å². The summed E-state index contributed by atoms with van der Waals surface area (Å²) in [5.74, 6) is -1.09. The third-order valence-corrected chi connectivity index (χ3v) is 5.15. The molecule has 1 heterocycles. The molecular formula is C15H16FN3O3S2. The molecule has 0 aliphatic rings. The highest BCUT2D eigenvalue weighted by Gasteiger charge is 2.20. The van der Waals surface area contributed by atoms with Gasteiger partial charge < -0.3 is 0 Å². The molecule has 0 bridgehead atoms. The van der Waals surface area contributed by atoms with Gasteiger partial charge in [-0.05, 0) is 42.6 Å². The van der Waals surface area contributed by atoms with Gasteiger partial charge in [-0.15, -0.1) is 11.3 Å². The molecule has 6 nitrogen and oxygen atoms in total. The van der Waals surface area contributed by atoms with Crippen molar-refractivity contribution in [2.75, 3.05) is 17.1 Å². The zero-order valence-corrected chi connectivity index (χ0v) is 14.7. The second kappa shape index (κ2) is 7.54. The Morgan fingerprint density at radius 2 is 1.96 bits per heavy atom. The lowest BCUT2D eigenvalue weighted by atomic mass is 10.3. The summed E-state index contributed by atoms with van der Waals surface area (Å²) in [6.45, 7) is 1.28. The number of nitrogens with zero attached hydrogens (tertiary/aromatic N) is 2. The van der Waals surface area contributed by atoms with E-state index in [1.54, 1.807) is 6.92 Å². The number of thiophene rings is 1. The Morgan fingerprint density at radius 3 is 2.50 bits per heavy atom. The molecule has 1 aromatic heterocycles. The van der Waals surface area contributed by atoms with E-state index in [2.05, 4.69) is 10.5 Å². The van der Waals surface area contributed by atoms with Gasteiger partial charge in [0.1, 0.15) is 12.4 Å². The smallest absolute Gasteiger partial charge is 0.260 e. The second-order valence-corrected chi connectivity index (χ2v) is 7.81. The summed E-state index contributed by atoms with van der Waals surface area (Å²) < 4.78 is 37.7. The van der Waals surface area contributed by atoms with Crippen LogP contribution in [0.25, 0.3) is 0 Å². The van der Waals surface area contributed by atoms with Crippen LogP contribution >= 0.6 is 11.3 Å². The summed E-state index contributed by atoms with van der Waals surface area (Å²) in [5.41, 5.74) is 3.15. The zero-order chi connectivity index (χ0) is 17.7. The third kappa shape index (κ3) is 4.87. The van der Waals surface area contributed by atoms with E-state index in [4.69, 9.17) is 0 Å². The van der Waals surface area contributed by atoms with Crippen molar-refractivity contribution in [1.29, 1.82) is 0 Å². The molecule has 24 heavy (non-hydrogen) atoms. The van der Waals surface area contributed by atoms with E-state index >= 15 is 0 Å². The molecule has 0 unspecified atom stereocenters. The summed E-state index contributed by atoms with van der Waals surface area (Å²) >= 11 is 1.48. The summed E-state index contributed by atoms with van der Waals surface area (Å²) in [6.07, 6.45) is 0.976. The first kappa shape index (κ1) is 18.1. The molecule has 1 aromatic carbocycles. The highest BCUT2D eigenvalue weighted by Crippen LogP contribution is 2.17. The summed E-state index contributed by atoms with van der Waals surface area (Å²) in [5, 5.41) is 5.84. The van der Waals surface area contributed by atoms with Crippen molar-refractivity contribution in [3.63, 3.8) is 0 Å². The third-order valence-electron chi connectivity index (χ3n) is 3.03. The molecule has 1 amide bonds. The van der Waals surface area contributed by atoms with Gasteiger partial charge in [-0.3, -0.25) is 9.10 Å². The molecule has 0 aliphatic carbocycles. The summed E-state index contributed by atoms with van der Waals surface area (Å²) in [4.78, 5) is 12.9. The number of rotatable bonds is 6. The number of benzene rings is 1. The molecule has 9 heteroatoms. The fourth-order valence-corrected chi connectivity index (χ4v) is 3.39. The van der Waals surface area contributed by atoms with Gasteiger partial charge in [-0.25, -0.2) is 18.2 Å². The minimum absolute atomic E-state index is 0.202. The van der Waals surface area contributed by atoms with Gasteiger partial charge in [0.05, 0.1) is 17.7 Å². The molecule has 0 saturated heterocycles. The Morgan fingerprint density at radius 1 is 1.29 bits per heavy atom. The van der Waals surface area contributed by atoms with Crippen LogP contribution in [-0.2, 0) is 14.8 Å². The van der Waals surface area contributed by atoms with E-state index in [-0.39, 0.29) is 5.69 Å². The number of sulfonamides is 1. The highest BCUT2D eigenvalue weighted by molar-refractivity contribution is 7.92. The topological polar surface area (TPSA) is 78.8 Å². The van der Waals surface area contributed by atoms with E-state index in [9.17, 15) is 17.6 Å². The number of anilines is 1. The van der Waals surface area contributed by atoms with Gasteiger partial charge in [0.2, 0.25) is 10.0 Å².